The Morgan fingerprint density at radius 2 is 1.97 bits per heavy atom. The summed E-state index contributed by atoms with van der Waals surface area (Å²) in [5, 5.41) is 20.6. The summed E-state index contributed by atoms with van der Waals surface area (Å²) in [4.78, 5) is 33.7. The van der Waals surface area contributed by atoms with Gasteiger partial charge in [-0.2, -0.15) is 0 Å². The Morgan fingerprint density at radius 1 is 1.18 bits per heavy atom. The van der Waals surface area contributed by atoms with Gasteiger partial charge in [-0.1, -0.05) is 30.3 Å². The average molecular weight is 645 g/mol. The van der Waals surface area contributed by atoms with E-state index in [-0.39, 0.29) is 23.9 Å². The van der Waals surface area contributed by atoms with Gasteiger partial charge in [-0.25, -0.2) is 4.98 Å². The standard InChI is InChI=1S/C29H33IN4O3S/c1-18-17-38-28(32-18)25-10-6-12-34(25)29(37)21-14-20(15-22(30)16-21)27(36)33-24(13-19-7-3-2-4-8-19)26(35)23-9-5-11-31-23/h2-4,7-8,14-17,23-26,31,35H,5-6,9-13H2,1H3,(H,33,36)/t23-,24+,25+,26+/m0/s1. The van der Waals surface area contributed by atoms with Gasteiger partial charge in [-0.3, -0.25) is 9.59 Å². The lowest BCUT2D eigenvalue weighted by Gasteiger charge is -2.29. The van der Waals surface area contributed by atoms with Crippen LogP contribution in [0.2, 0.25) is 0 Å². The lowest BCUT2D eigenvalue weighted by Crippen LogP contribution is -2.52. The van der Waals surface area contributed by atoms with Crippen LogP contribution in [0.1, 0.15) is 68.7 Å². The molecule has 7 nitrogen and oxygen atoms in total. The van der Waals surface area contributed by atoms with E-state index in [1.54, 1.807) is 23.5 Å². The van der Waals surface area contributed by atoms with E-state index in [0.717, 1.165) is 52.1 Å². The van der Waals surface area contributed by atoms with E-state index in [0.29, 0.717) is 24.1 Å². The highest BCUT2D eigenvalue weighted by atomic mass is 127. The number of halogens is 1. The largest absolute Gasteiger partial charge is 0.389 e. The number of rotatable bonds is 8. The molecule has 2 aliphatic rings. The van der Waals surface area contributed by atoms with Crippen molar-refractivity contribution in [1.29, 1.82) is 0 Å². The molecule has 200 valence electrons. The van der Waals surface area contributed by atoms with E-state index in [1.165, 1.54) is 0 Å². The first kappa shape index (κ1) is 27.2. The van der Waals surface area contributed by atoms with Crippen LogP contribution in [0.25, 0.3) is 0 Å². The molecule has 2 amide bonds. The van der Waals surface area contributed by atoms with E-state index in [4.69, 9.17) is 0 Å². The Hall–Kier alpha value is -2.34. The number of carbonyl (C=O) groups excluding carboxylic acids is 2. The Kier molecular flexibility index (Phi) is 8.77. The first-order valence-corrected chi connectivity index (χ1v) is 15.1. The van der Waals surface area contributed by atoms with Crippen molar-refractivity contribution < 1.29 is 14.7 Å². The van der Waals surface area contributed by atoms with Gasteiger partial charge in [0.05, 0.1) is 18.2 Å². The molecule has 38 heavy (non-hydrogen) atoms. The molecule has 1 aromatic heterocycles. The smallest absolute Gasteiger partial charge is 0.254 e. The van der Waals surface area contributed by atoms with Gasteiger partial charge in [0.15, 0.2) is 0 Å². The summed E-state index contributed by atoms with van der Waals surface area (Å²) in [5.41, 5.74) is 2.94. The third-order valence-corrected chi connectivity index (χ3v) is 9.07. The number of thiazole rings is 1. The van der Waals surface area contributed by atoms with E-state index in [9.17, 15) is 14.7 Å². The summed E-state index contributed by atoms with van der Waals surface area (Å²) in [6, 6.07) is 14.7. The van der Waals surface area contributed by atoms with Crippen molar-refractivity contribution in [3.8, 4) is 0 Å². The van der Waals surface area contributed by atoms with Gasteiger partial charge < -0.3 is 20.6 Å². The second kappa shape index (κ2) is 12.2. The van der Waals surface area contributed by atoms with E-state index < -0.39 is 12.1 Å². The quantitative estimate of drug-likeness (QED) is 0.315. The molecule has 4 atom stereocenters. The third kappa shape index (κ3) is 6.27. The molecule has 2 aliphatic heterocycles. The number of benzene rings is 2. The molecule has 0 aliphatic carbocycles. The number of hydrogen-bond acceptors (Lipinski definition) is 6. The van der Waals surface area contributed by atoms with Crippen LogP contribution in [-0.2, 0) is 6.42 Å². The Morgan fingerprint density at radius 3 is 2.68 bits per heavy atom. The number of carbonyl (C=O) groups is 2. The molecule has 0 unspecified atom stereocenters. The highest BCUT2D eigenvalue weighted by molar-refractivity contribution is 14.1. The van der Waals surface area contributed by atoms with Gasteiger partial charge in [-0.15, -0.1) is 11.3 Å². The maximum atomic E-state index is 13.6. The normalized spacial score (nSPS) is 20.9. The molecule has 0 spiro atoms. The van der Waals surface area contributed by atoms with Gasteiger partial charge in [0.2, 0.25) is 0 Å². The molecule has 0 saturated carbocycles. The second-order valence-electron chi connectivity index (χ2n) is 10.2. The Labute approximate surface area is 241 Å². The number of aliphatic hydroxyl groups is 1. The van der Waals surface area contributed by atoms with Crippen LogP contribution in [0.4, 0.5) is 0 Å². The maximum absolute atomic E-state index is 13.6. The van der Waals surface area contributed by atoms with Crippen LogP contribution in [-0.4, -0.2) is 58.1 Å². The average Bonchev–Trinajstić information content (AvgIpc) is 3.69. The molecular weight excluding hydrogens is 611 g/mol. The van der Waals surface area contributed by atoms with E-state index in [1.807, 2.05) is 53.6 Å². The summed E-state index contributed by atoms with van der Waals surface area (Å²) in [7, 11) is 0. The van der Waals surface area contributed by atoms with Gasteiger partial charge in [0, 0.05) is 38.4 Å². The number of hydrogen-bond donors (Lipinski definition) is 3. The summed E-state index contributed by atoms with van der Waals surface area (Å²) < 4.78 is 0.817. The van der Waals surface area contributed by atoms with Gasteiger partial charge in [-0.05, 0) is 91.9 Å². The fourth-order valence-corrected chi connectivity index (χ4v) is 7.08. The number of nitrogens with one attached hydrogen (secondary N) is 2. The molecule has 3 N–H and O–H groups in total. The fourth-order valence-electron chi connectivity index (χ4n) is 5.46. The van der Waals surface area contributed by atoms with E-state index >= 15 is 0 Å². The number of aryl methyl sites for hydroxylation is 1. The molecule has 2 saturated heterocycles. The van der Waals surface area contributed by atoms with Gasteiger partial charge in [0.1, 0.15) is 5.01 Å². The number of likely N-dealkylation sites (tertiary alicyclic amines) is 1. The highest BCUT2D eigenvalue weighted by Gasteiger charge is 2.34. The van der Waals surface area contributed by atoms with Crippen molar-refractivity contribution in [1.82, 2.24) is 20.5 Å². The molecule has 9 heteroatoms. The minimum Gasteiger partial charge on any atom is -0.389 e. The van der Waals surface area contributed by atoms with E-state index in [2.05, 4.69) is 38.2 Å². The number of nitrogens with zero attached hydrogens (tertiary/aromatic N) is 2. The van der Waals surface area contributed by atoms with Crippen LogP contribution < -0.4 is 10.6 Å². The zero-order chi connectivity index (χ0) is 26.6. The van der Waals surface area contributed by atoms with Crippen LogP contribution in [0.3, 0.4) is 0 Å². The summed E-state index contributed by atoms with van der Waals surface area (Å²) in [6.07, 6.45) is 3.50. The van der Waals surface area contributed by atoms with Crippen molar-refractivity contribution in [2.75, 3.05) is 13.1 Å². The topological polar surface area (TPSA) is 94.6 Å². The minimum atomic E-state index is -0.724. The predicted octanol–water partition coefficient (Wildman–Crippen LogP) is 4.49. The molecule has 2 fully saturated rings. The summed E-state index contributed by atoms with van der Waals surface area (Å²) >= 11 is 3.75. The fraction of sp³-hybridized carbons (Fsp3) is 0.414. The molecule has 5 rings (SSSR count). The monoisotopic (exact) mass is 644 g/mol. The molecule has 0 bridgehead atoms. The summed E-state index contributed by atoms with van der Waals surface area (Å²) in [5.74, 6) is -0.368. The number of aromatic nitrogens is 1. The Bertz CT molecular complexity index is 1280. The minimum absolute atomic E-state index is 0.0272. The number of aliphatic hydroxyl groups excluding tert-OH is 1. The molecule has 0 radical (unpaired) electrons. The first-order valence-electron chi connectivity index (χ1n) is 13.2. The third-order valence-electron chi connectivity index (χ3n) is 7.38. The van der Waals surface area contributed by atoms with Gasteiger partial charge in [0.25, 0.3) is 11.8 Å². The van der Waals surface area contributed by atoms with Crippen LogP contribution >= 0.6 is 33.9 Å². The lowest BCUT2D eigenvalue weighted by atomic mass is 9.95. The zero-order valence-electron chi connectivity index (χ0n) is 21.4. The molecule has 3 aromatic rings. The molecular formula is C29H33IN4O3S. The Balaban J connectivity index is 1.36. The van der Waals surface area contributed by atoms with Crippen LogP contribution in [0, 0.1) is 10.5 Å². The molecule has 3 heterocycles. The molecule has 2 aromatic carbocycles. The van der Waals surface area contributed by atoms with Crippen molar-refractivity contribution >= 4 is 45.7 Å². The van der Waals surface area contributed by atoms with Crippen molar-refractivity contribution in [3.63, 3.8) is 0 Å². The second-order valence-corrected chi connectivity index (χ2v) is 12.3. The van der Waals surface area contributed by atoms with Crippen molar-refractivity contribution in [2.45, 2.75) is 63.3 Å². The SMILES string of the molecule is Cc1csc([C@H]2CCCN2C(=O)c2cc(I)cc(C(=O)N[C@H](Cc3ccccc3)[C@H](O)[C@@H]3CCCN3)c2)n1. The van der Waals surface area contributed by atoms with Crippen LogP contribution in [0.15, 0.2) is 53.9 Å². The predicted molar refractivity (Wildman–Crippen MR) is 157 cm³/mol. The summed E-state index contributed by atoms with van der Waals surface area (Å²) in [6.45, 7) is 3.51. The van der Waals surface area contributed by atoms with Crippen molar-refractivity contribution in [2.24, 2.45) is 0 Å². The maximum Gasteiger partial charge on any atom is 0.254 e. The zero-order valence-corrected chi connectivity index (χ0v) is 24.4. The first-order chi connectivity index (χ1) is 18.4. The van der Waals surface area contributed by atoms with Crippen molar-refractivity contribution in [3.05, 3.63) is 84.9 Å². The number of amides is 2. The van der Waals surface area contributed by atoms with Crippen LogP contribution in [0.5, 0.6) is 0 Å². The lowest BCUT2D eigenvalue weighted by molar-refractivity contribution is 0.0733. The highest BCUT2D eigenvalue weighted by Crippen LogP contribution is 2.35. The van der Waals surface area contributed by atoms with Gasteiger partial charge >= 0.3 is 0 Å².